The van der Waals surface area contributed by atoms with Gasteiger partial charge in [0.15, 0.2) is 25.4 Å². The second kappa shape index (κ2) is 23.9. The fourth-order valence-electron chi connectivity index (χ4n) is 6.64. The van der Waals surface area contributed by atoms with E-state index in [0.717, 1.165) is 74.8 Å². The molecule has 0 aliphatic heterocycles. The number of hydrogen-bond acceptors (Lipinski definition) is 29. The molecule has 4 aromatic carbocycles. The number of sulfone groups is 2. The van der Waals surface area contributed by atoms with Crippen LogP contribution in [0.4, 0.5) is 50.4 Å². The van der Waals surface area contributed by atoms with E-state index >= 15 is 0 Å². The first-order valence-electron chi connectivity index (χ1n) is 21.1. The number of azo groups is 2. The van der Waals surface area contributed by atoms with Crippen LogP contribution in [0.2, 0.25) is 0 Å². The zero-order valence-corrected chi connectivity index (χ0v) is 46.1. The van der Waals surface area contributed by atoms with Crippen LogP contribution in [0.5, 0.6) is 5.75 Å². The Morgan fingerprint density at radius 2 is 1.31 bits per heavy atom. The molecule has 0 radical (unpaired) electrons. The lowest BCUT2D eigenvalue weighted by molar-refractivity contribution is 0.269. The van der Waals surface area contributed by atoms with Gasteiger partial charge in [-0.15, -0.1) is 20.5 Å². The molecule has 77 heavy (non-hydrogen) atoms. The van der Waals surface area contributed by atoms with Gasteiger partial charge in [-0.2, -0.15) is 61.4 Å². The van der Waals surface area contributed by atoms with Crippen molar-refractivity contribution in [2.45, 2.75) is 45.1 Å². The Hall–Kier alpha value is -6.11. The zero-order valence-electron chi connectivity index (χ0n) is 40.4. The van der Waals surface area contributed by atoms with Crippen molar-refractivity contribution in [2.75, 3.05) is 74.7 Å². The summed E-state index contributed by atoms with van der Waals surface area (Å²) in [5.41, 5.74) is 1.89. The minimum atomic E-state index is -5.07. The number of hydrogen-bond donors (Lipinski definition) is 5. The summed E-state index contributed by atoms with van der Waals surface area (Å²) in [6, 6.07) is 7.23. The molecular weight excluding hydrogens is 1180 g/mol. The van der Waals surface area contributed by atoms with Gasteiger partial charge in [0.25, 0.3) is 40.5 Å². The van der Waals surface area contributed by atoms with Crippen LogP contribution in [0.15, 0.2) is 88.6 Å². The molecule has 31 nitrogen and oxygen atoms in total. The standard InChI is InChI=1S/C38H45FN10O21S7/c1-6-14-72(53,54)25-9-10-26(29(20-25)75(60,61)68-4)45-48-34-30(76(62,63)69-5)18-22-17-23(21-73(55,56)57)33(35(50)31(22)32(34)40)47-46-27-19-24(8-11-28(27)74(58,59)67-3)41-37-42-36(39)43-38(44-37)49(2)12-16-71(51,52)15-7-13-70-77(64,65)66/h8-11,17-20,50H,6-7,12-16,21,40H2,1-5H3,(H,55,56,57)(H,64,65,66)(H,41,42,43,44). The van der Waals surface area contributed by atoms with Crippen LogP contribution in [-0.4, -0.2) is 147 Å². The number of rotatable bonds is 26. The Labute approximate surface area is 440 Å². The van der Waals surface area contributed by atoms with Crippen LogP contribution in [0.1, 0.15) is 25.3 Å². The quantitative estimate of drug-likeness (QED) is 0.0173. The third-order valence-electron chi connectivity index (χ3n) is 10.2. The molecule has 0 fully saturated rings. The van der Waals surface area contributed by atoms with Crippen LogP contribution >= 0.6 is 0 Å². The molecule has 1 aromatic heterocycles. The number of benzene rings is 4. The molecule has 0 aliphatic rings. The number of fused-ring (bicyclic) bond motifs is 1. The van der Waals surface area contributed by atoms with E-state index in [4.69, 9.17) is 10.3 Å². The molecule has 5 aromatic rings. The summed E-state index contributed by atoms with van der Waals surface area (Å²) >= 11 is 0. The topological polar surface area (TPSA) is 466 Å². The lowest BCUT2D eigenvalue weighted by Gasteiger charge is -2.17. The molecule has 5 rings (SSSR count). The summed E-state index contributed by atoms with van der Waals surface area (Å²) in [5.74, 6) is -4.96. The van der Waals surface area contributed by atoms with Gasteiger partial charge in [-0.25, -0.2) is 21.0 Å². The van der Waals surface area contributed by atoms with Crippen molar-refractivity contribution in [3.63, 3.8) is 0 Å². The average molecular weight is 1220 g/mol. The molecule has 0 aliphatic carbocycles. The summed E-state index contributed by atoms with van der Waals surface area (Å²) in [6.45, 7) is 0.596. The van der Waals surface area contributed by atoms with E-state index in [0.29, 0.717) is 0 Å². The molecule has 422 valence electrons. The summed E-state index contributed by atoms with van der Waals surface area (Å²) in [6.07, 6.45) is -1.53. The molecule has 0 bridgehead atoms. The van der Waals surface area contributed by atoms with Crippen molar-refractivity contribution in [3.8, 4) is 5.75 Å². The maximum absolute atomic E-state index is 14.8. The number of nitrogens with one attached hydrogen (secondary N) is 1. The van der Waals surface area contributed by atoms with Gasteiger partial charge in [0, 0.05) is 24.8 Å². The highest BCUT2D eigenvalue weighted by Crippen LogP contribution is 2.48. The first kappa shape index (κ1) is 61.7. The number of aromatic hydroxyl groups is 1. The first-order valence-corrected chi connectivity index (χ1v) is 31.8. The number of aromatic nitrogens is 3. The number of nitrogens with zero attached hydrogens (tertiary/aromatic N) is 8. The third-order valence-corrected chi connectivity index (χ3v) is 18.9. The SMILES string of the molecule is CCCS(=O)(=O)c1ccc(N=Nc2c(S(=O)(=O)OC)cc3cc(CS(=O)(=O)O)c(N=Nc4cc(Nc5nc(F)nc(N(C)CCS(=O)(=O)CCCOS(=O)(=O)O)n5)ccc4S(=O)(=O)OC)c(O)c3c2N)c(S(=O)(=O)OC)c1. The molecule has 39 heteroatoms. The molecule has 0 atom stereocenters. The van der Waals surface area contributed by atoms with Crippen molar-refractivity contribution in [3.05, 3.63) is 60.2 Å². The van der Waals surface area contributed by atoms with Crippen molar-refractivity contribution >= 4 is 127 Å². The zero-order chi connectivity index (χ0) is 57.7. The van der Waals surface area contributed by atoms with E-state index in [1.165, 1.54) is 7.05 Å². The highest BCUT2D eigenvalue weighted by molar-refractivity contribution is 7.92. The number of phenols is 1. The molecule has 0 spiro atoms. The Morgan fingerprint density at radius 3 is 1.92 bits per heavy atom. The molecule has 0 saturated carbocycles. The van der Waals surface area contributed by atoms with Crippen molar-refractivity contribution < 1.29 is 94.3 Å². The number of nitrogen functional groups attached to an aromatic ring is 1. The summed E-state index contributed by atoms with van der Waals surface area (Å²) < 4.78 is 227. The molecular formula is C38H45FN10O21S7. The van der Waals surface area contributed by atoms with Gasteiger partial charge in [0.2, 0.25) is 11.9 Å². The second-order valence-electron chi connectivity index (χ2n) is 15.6. The fourth-order valence-corrected chi connectivity index (χ4v) is 12.7. The Morgan fingerprint density at radius 1 is 0.701 bits per heavy atom. The van der Waals surface area contributed by atoms with Gasteiger partial charge >= 0.3 is 16.5 Å². The van der Waals surface area contributed by atoms with Gasteiger partial charge in [-0.05, 0) is 66.8 Å². The lowest BCUT2D eigenvalue weighted by atomic mass is 10.0. The molecule has 0 amide bonds. The summed E-state index contributed by atoms with van der Waals surface area (Å²) in [4.78, 5) is 9.29. The van der Waals surface area contributed by atoms with E-state index in [9.17, 15) is 73.0 Å². The predicted octanol–water partition coefficient (Wildman–Crippen LogP) is 3.66. The maximum atomic E-state index is 14.8. The second-order valence-corrected chi connectivity index (χ2v) is 27.6. The highest BCUT2D eigenvalue weighted by Gasteiger charge is 2.29. The van der Waals surface area contributed by atoms with Crippen molar-refractivity contribution in [1.82, 2.24) is 15.0 Å². The molecule has 1 heterocycles. The van der Waals surface area contributed by atoms with Gasteiger partial charge in [0.05, 0.1) is 61.2 Å². The summed E-state index contributed by atoms with van der Waals surface area (Å²) in [5, 5.41) is 29.0. The predicted molar refractivity (Wildman–Crippen MR) is 269 cm³/mol. The van der Waals surface area contributed by atoms with E-state index in [1.807, 2.05) is 0 Å². The lowest BCUT2D eigenvalue weighted by Crippen LogP contribution is -2.29. The van der Waals surface area contributed by atoms with E-state index < -0.39 is 182 Å². The number of halogens is 1. The van der Waals surface area contributed by atoms with Crippen LogP contribution in [0.3, 0.4) is 0 Å². The van der Waals surface area contributed by atoms with Crippen LogP contribution in [0, 0.1) is 6.08 Å². The normalized spacial score (nSPS) is 13.2. The van der Waals surface area contributed by atoms with Gasteiger partial charge in [-0.1, -0.05) is 6.92 Å². The Balaban J connectivity index is 1.64. The summed E-state index contributed by atoms with van der Waals surface area (Å²) in [7, 11) is -28.6. The van der Waals surface area contributed by atoms with Gasteiger partial charge < -0.3 is 21.1 Å². The van der Waals surface area contributed by atoms with Crippen molar-refractivity contribution in [2.24, 2.45) is 20.5 Å². The van der Waals surface area contributed by atoms with Gasteiger partial charge in [-0.3, -0.25) is 21.7 Å². The highest BCUT2D eigenvalue weighted by atomic mass is 32.3. The average Bonchev–Trinajstić information content (AvgIpc) is 3.33. The number of nitrogens with two attached hydrogens (primary N) is 1. The van der Waals surface area contributed by atoms with Gasteiger partial charge in [0.1, 0.15) is 43.2 Å². The largest absolute Gasteiger partial charge is 0.505 e. The molecule has 0 unspecified atom stereocenters. The van der Waals surface area contributed by atoms with E-state index in [-0.39, 0.29) is 30.8 Å². The van der Waals surface area contributed by atoms with Crippen LogP contribution in [0.25, 0.3) is 10.8 Å². The fraction of sp³-hybridized carbons (Fsp3) is 0.342. The Bertz CT molecular complexity index is 4000. The minimum absolute atomic E-state index is 0.159. The third kappa shape index (κ3) is 15.8. The van der Waals surface area contributed by atoms with Crippen LogP contribution < -0.4 is 16.0 Å². The van der Waals surface area contributed by atoms with E-state index in [1.54, 1.807) is 6.92 Å². The van der Waals surface area contributed by atoms with Crippen molar-refractivity contribution in [1.29, 1.82) is 0 Å². The molecule has 6 N–H and O–H groups in total. The smallest absolute Gasteiger partial charge is 0.397 e. The number of anilines is 4. The maximum Gasteiger partial charge on any atom is 0.397 e. The van der Waals surface area contributed by atoms with Crippen LogP contribution in [-0.2, 0) is 93.0 Å². The van der Waals surface area contributed by atoms with E-state index in [2.05, 4.69) is 57.5 Å². The first-order chi connectivity index (χ1) is 35.6. The minimum Gasteiger partial charge on any atom is -0.505 e. The number of phenolic OH excluding ortho intramolecular Hbond substituents is 1. The molecule has 0 saturated heterocycles. The monoisotopic (exact) mass is 1220 g/mol. The Kier molecular flexibility index (Phi) is 19.1.